The molecule has 0 atom stereocenters. The molecule has 0 saturated carbocycles. The molecule has 25 heavy (non-hydrogen) atoms. The van der Waals surface area contributed by atoms with Crippen molar-refractivity contribution < 1.29 is 18.8 Å². The fraction of sp³-hybridized carbons (Fsp3) is 0.250. The van der Waals surface area contributed by atoms with E-state index in [0.29, 0.717) is 17.8 Å². The summed E-state index contributed by atoms with van der Waals surface area (Å²) < 4.78 is 15.6. The Morgan fingerprint density at radius 3 is 2.84 bits per heavy atom. The number of hydrogen-bond acceptors (Lipinski definition) is 4. The van der Waals surface area contributed by atoms with Crippen molar-refractivity contribution >= 4 is 23.5 Å². The maximum Gasteiger partial charge on any atom is 0.324 e. The Balaban J connectivity index is 1.52. The first-order valence-electron chi connectivity index (χ1n) is 7.70. The molecular weight excluding hydrogens is 329 g/mol. The first-order chi connectivity index (χ1) is 12.0. The fourth-order valence-corrected chi connectivity index (χ4v) is 2.50. The quantitative estimate of drug-likeness (QED) is 0.771. The van der Waals surface area contributed by atoms with E-state index < -0.39 is 11.8 Å². The maximum absolute atomic E-state index is 14.1. The number of anilines is 1. The highest BCUT2D eigenvalue weighted by atomic mass is 19.1. The van der Waals surface area contributed by atoms with Crippen LogP contribution in [0.5, 0.6) is 0 Å². The molecule has 1 saturated heterocycles. The number of halogens is 1. The maximum atomic E-state index is 14.1. The second-order valence-electron chi connectivity index (χ2n) is 5.49. The Morgan fingerprint density at radius 1 is 1.36 bits per heavy atom. The standard InChI is InChI=1S/C16H16FN5O3/c17-12-8-11(3-4-13(12)21-7-5-18-10-21)20-14(23)2-1-6-22-15(24)9-19-16(22)25/h3-5,7-8,10H,1-2,6,9H2,(H,19,25)(H,20,23). The number of aromatic nitrogens is 2. The van der Waals surface area contributed by atoms with Gasteiger partial charge in [-0.2, -0.15) is 0 Å². The van der Waals surface area contributed by atoms with Crippen molar-refractivity contribution in [2.75, 3.05) is 18.4 Å². The van der Waals surface area contributed by atoms with Gasteiger partial charge in [0, 0.05) is 31.0 Å². The van der Waals surface area contributed by atoms with Gasteiger partial charge in [-0.05, 0) is 24.6 Å². The largest absolute Gasteiger partial charge is 0.329 e. The van der Waals surface area contributed by atoms with E-state index in [1.165, 1.54) is 17.0 Å². The van der Waals surface area contributed by atoms with Crippen molar-refractivity contribution in [2.45, 2.75) is 12.8 Å². The SMILES string of the molecule is O=C(CCCN1C(=O)CNC1=O)Nc1ccc(-n2ccnc2)c(F)c1. The lowest BCUT2D eigenvalue weighted by Gasteiger charge is -2.12. The molecule has 130 valence electrons. The average molecular weight is 345 g/mol. The van der Waals surface area contributed by atoms with Crippen LogP contribution in [0.4, 0.5) is 14.9 Å². The van der Waals surface area contributed by atoms with Crippen LogP contribution in [0.2, 0.25) is 0 Å². The number of amides is 4. The molecule has 4 amide bonds. The second kappa shape index (κ2) is 7.12. The van der Waals surface area contributed by atoms with Crippen molar-refractivity contribution in [3.05, 3.63) is 42.7 Å². The molecular formula is C16H16FN5O3. The molecule has 1 aromatic carbocycles. The first kappa shape index (κ1) is 16.6. The zero-order valence-corrected chi connectivity index (χ0v) is 13.2. The van der Waals surface area contributed by atoms with E-state index >= 15 is 0 Å². The number of carbonyl (C=O) groups excluding carboxylic acids is 3. The van der Waals surface area contributed by atoms with Crippen LogP contribution in [0.3, 0.4) is 0 Å². The van der Waals surface area contributed by atoms with Gasteiger partial charge in [0.1, 0.15) is 5.82 Å². The molecule has 0 unspecified atom stereocenters. The van der Waals surface area contributed by atoms with E-state index in [-0.39, 0.29) is 31.3 Å². The molecule has 8 nitrogen and oxygen atoms in total. The molecule has 1 fully saturated rings. The normalized spacial score (nSPS) is 13.9. The highest BCUT2D eigenvalue weighted by Gasteiger charge is 2.27. The van der Waals surface area contributed by atoms with Crippen LogP contribution in [0, 0.1) is 5.82 Å². The highest BCUT2D eigenvalue weighted by Crippen LogP contribution is 2.18. The summed E-state index contributed by atoms with van der Waals surface area (Å²) in [6.45, 7) is 0.166. The van der Waals surface area contributed by atoms with E-state index in [9.17, 15) is 18.8 Å². The van der Waals surface area contributed by atoms with Crippen molar-refractivity contribution in [1.29, 1.82) is 0 Å². The predicted octanol–water partition coefficient (Wildman–Crippen LogP) is 1.28. The molecule has 2 heterocycles. The Bertz CT molecular complexity index is 790. The van der Waals surface area contributed by atoms with Gasteiger partial charge in [0.25, 0.3) is 0 Å². The van der Waals surface area contributed by atoms with E-state index in [1.54, 1.807) is 24.5 Å². The van der Waals surface area contributed by atoms with Crippen LogP contribution in [0.1, 0.15) is 12.8 Å². The smallest absolute Gasteiger partial charge is 0.324 e. The lowest BCUT2D eigenvalue weighted by Crippen LogP contribution is -2.32. The Morgan fingerprint density at radius 2 is 2.20 bits per heavy atom. The summed E-state index contributed by atoms with van der Waals surface area (Å²) in [6.07, 6.45) is 5.09. The van der Waals surface area contributed by atoms with Crippen LogP contribution in [0.25, 0.3) is 5.69 Å². The average Bonchev–Trinajstić information content (AvgIpc) is 3.20. The van der Waals surface area contributed by atoms with Gasteiger partial charge in [-0.15, -0.1) is 0 Å². The predicted molar refractivity (Wildman–Crippen MR) is 86.5 cm³/mol. The molecule has 0 bridgehead atoms. The summed E-state index contributed by atoms with van der Waals surface area (Å²) in [5.41, 5.74) is 0.662. The molecule has 0 aliphatic carbocycles. The highest BCUT2D eigenvalue weighted by molar-refractivity contribution is 6.02. The Kier molecular flexibility index (Phi) is 4.73. The third-order valence-corrected chi connectivity index (χ3v) is 3.74. The third kappa shape index (κ3) is 3.82. The van der Waals surface area contributed by atoms with Crippen LogP contribution in [-0.2, 0) is 9.59 Å². The summed E-state index contributed by atoms with van der Waals surface area (Å²) in [7, 11) is 0. The van der Waals surface area contributed by atoms with E-state index in [0.717, 1.165) is 4.90 Å². The number of hydrogen-bond donors (Lipinski definition) is 2. The molecule has 9 heteroatoms. The molecule has 0 spiro atoms. The van der Waals surface area contributed by atoms with E-state index in [4.69, 9.17) is 0 Å². The number of carbonyl (C=O) groups is 3. The van der Waals surface area contributed by atoms with Crippen LogP contribution in [-0.4, -0.2) is 45.4 Å². The molecule has 3 rings (SSSR count). The lowest BCUT2D eigenvalue weighted by atomic mass is 10.2. The second-order valence-corrected chi connectivity index (χ2v) is 5.49. The topological polar surface area (TPSA) is 96.3 Å². The van der Waals surface area contributed by atoms with Gasteiger partial charge in [0.05, 0.1) is 18.6 Å². The first-order valence-corrected chi connectivity index (χ1v) is 7.70. The number of imide groups is 1. The molecule has 2 N–H and O–H groups in total. The number of nitrogens with zero attached hydrogens (tertiary/aromatic N) is 3. The summed E-state index contributed by atoms with van der Waals surface area (Å²) in [5, 5.41) is 5.00. The summed E-state index contributed by atoms with van der Waals surface area (Å²) in [6, 6.07) is 3.92. The van der Waals surface area contributed by atoms with Crippen LogP contribution in [0.15, 0.2) is 36.9 Å². The number of urea groups is 1. The van der Waals surface area contributed by atoms with Gasteiger partial charge in [-0.1, -0.05) is 0 Å². The number of nitrogens with one attached hydrogen (secondary N) is 2. The molecule has 0 radical (unpaired) electrons. The van der Waals surface area contributed by atoms with Crippen molar-refractivity contribution in [1.82, 2.24) is 19.8 Å². The van der Waals surface area contributed by atoms with Gasteiger partial charge < -0.3 is 15.2 Å². The summed E-state index contributed by atoms with van der Waals surface area (Å²) in [4.78, 5) is 39.6. The van der Waals surface area contributed by atoms with Crippen molar-refractivity contribution in [3.8, 4) is 5.69 Å². The number of imidazole rings is 1. The summed E-state index contributed by atoms with van der Waals surface area (Å²) in [5.74, 6) is -1.11. The van der Waals surface area contributed by atoms with Crippen LogP contribution < -0.4 is 10.6 Å². The molecule has 2 aromatic rings. The fourth-order valence-electron chi connectivity index (χ4n) is 2.50. The van der Waals surface area contributed by atoms with Gasteiger partial charge >= 0.3 is 6.03 Å². The molecule has 1 aliphatic heterocycles. The van der Waals surface area contributed by atoms with E-state index in [2.05, 4.69) is 15.6 Å². The zero-order valence-electron chi connectivity index (χ0n) is 13.2. The van der Waals surface area contributed by atoms with Crippen LogP contribution >= 0.6 is 0 Å². The zero-order chi connectivity index (χ0) is 17.8. The van der Waals surface area contributed by atoms with Gasteiger partial charge in [-0.25, -0.2) is 14.2 Å². The monoisotopic (exact) mass is 345 g/mol. The van der Waals surface area contributed by atoms with Crippen molar-refractivity contribution in [2.24, 2.45) is 0 Å². The van der Waals surface area contributed by atoms with Gasteiger partial charge in [-0.3, -0.25) is 14.5 Å². The molecule has 1 aliphatic rings. The van der Waals surface area contributed by atoms with Crippen molar-refractivity contribution in [3.63, 3.8) is 0 Å². The number of benzene rings is 1. The van der Waals surface area contributed by atoms with E-state index in [1.807, 2.05) is 0 Å². The third-order valence-electron chi connectivity index (χ3n) is 3.74. The lowest BCUT2D eigenvalue weighted by molar-refractivity contribution is -0.125. The Hall–Kier alpha value is -3.23. The summed E-state index contributed by atoms with van der Waals surface area (Å²) >= 11 is 0. The van der Waals surface area contributed by atoms with Gasteiger partial charge in [0.2, 0.25) is 11.8 Å². The number of rotatable bonds is 6. The minimum absolute atomic E-state index is 0.00638. The van der Waals surface area contributed by atoms with Gasteiger partial charge in [0.15, 0.2) is 0 Å². The minimum atomic E-state index is -0.491. The molecule has 1 aromatic heterocycles. The minimum Gasteiger partial charge on any atom is -0.329 e. The Labute approximate surface area is 142 Å².